The van der Waals surface area contributed by atoms with Crippen LogP contribution in [0.15, 0.2) is 36.4 Å². The maximum Gasteiger partial charge on any atom is 0.261 e. The maximum atomic E-state index is 12.6. The van der Waals surface area contributed by atoms with E-state index in [9.17, 15) is 4.79 Å². The fraction of sp³-hybridized carbons (Fsp3) is 0.480. The predicted octanol–water partition coefficient (Wildman–Crippen LogP) is 5.84. The molecule has 0 radical (unpaired) electrons. The average Bonchev–Trinajstić information content (AvgIpc) is 2.72. The first kappa shape index (κ1) is 22.5. The summed E-state index contributed by atoms with van der Waals surface area (Å²) in [5.74, 6) is 1.26. The number of hydrogen-bond donors (Lipinski definition) is 1. The van der Waals surface area contributed by atoms with Crippen molar-refractivity contribution in [2.24, 2.45) is 5.92 Å². The molecule has 1 aliphatic heterocycles. The van der Waals surface area contributed by atoms with E-state index in [4.69, 9.17) is 16.3 Å². The van der Waals surface area contributed by atoms with E-state index in [0.29, 0.717) is 5.75 Å². The molecule has 1 saturated heterocycles. The van der Waals surface area contributed by atoms with Crippen LogP contribution in [0.25, 0.3) is 0 Å². The summed E-state index contributed by atoms with van der Waals surface area (Å²) in [6.45, 7) is 12.2. The Labute approximate surface area is 185 Å². The number of aryl methyl sites for hydroxylation is 2. The fourth-order valence-electron chi connectivity index (χ4n) is 4.04. The molecule has 1 heterocycles. The molecule has 1 aliphatic rings. The van der Waals surface area contributed by atoms with Crippen molar-refractivity contribution in [1.82, 2.24) is 5.32 Å². The molecule has 1 fully saturated rings. The molecule has 0 bridgehead atoms. The molecular formula is C25H33ClN2O2. The van der Waals surface area contributed by atoms with Gasteiger partial charge in [-0.25, -0.2) is 0 Å². The number of nitrogens with zero attached hydrogens (tertiary/aromatic N) is 1. The van der Waals surface area contributed by atoms with Crippen molar-refractivity contribution in [2.75, 3.05) is 18.0 Å². The molecule has 0 aliphatic carbocycles. The highest BCUT2D eigenvalue weighted by Crippen LogP contribution is 2.27. The Morgan fingerprint density at radius 3 is 2.40 bits per heavy atom. The lowest BCUT2D eigenvalue weighted by Crippen LogP contribution is -2.37. The third-order valence-electron chi connectivity index (χ3n) is 5.87. The van der Waals surface area contributed by atoms with Crippen LogP contribution in [-0.4, -0.2) is 25.1 Å². The van der Waals surface area contributed by atoms with Crippen LogP contribution in [0.4, 0.5) is 5.69 Å². The minimum atomic E-state index is -0.596. The first-order valence-corrected chi connectivity index (χ1v) is 11.2. The van der Waals surface area contributed by atoms with Gasteiger partial charge < -0.3 is 15.0 Å². The van der Waals surface area contributed by atoms with E-state index in [2.05, 4.69) is 41.4 Å². The summed E-state index contributed by atoms with van der Waals surface area (Å²) in [6, 6.07) is 12.2. The van der Waals surface area contributed by atoms with Crippen LogP contribution >= 0.6 is 11.6 Å². The molecule has 0 unspecified atom stereocenters. The summed E-state index contributed by atoms with van der Waals surface area (Å²) in [5.41, 5.74) is 4.23. The molecule has 30 heavy (non-hydrogen) atoms. The molecule has 5 heteroatoms. The fourth-order valence-corrected chi connectivity index (χ4v) is 4.15. The van der Waals surface area contributed by atoms with Gasteiger partial charge in [0.15, 0.2) is 6.10 Å². The normalized spacial score (nSPS) is 18.6. The van der Waals surface area contributed by atoms with Crippen molar-refractivity contribution in [3.05, 3.63) is 58.1 Å². The van der Waals surface area contributed by atoms with Gasteiger partial charge in [0.05, 0.1) is 6.04 Å². The Kier molecular flexibility index (Phi) is 7.30. The average molecular weight is 429 g/mol. The van der Waals surface area contributed by atoms with Crippen molar-refractivity contribution < 1.29 is 9.53 Å². The van der Waals surface area contributed by atoms with E-state index in [-0.39, 0.29) is 11.9 Å². The molecule has 2 aromatic rings. The van der Waals surface area contributed by atoms with Crippen LogP contribution in [-0.2, 0) is 4.79 Å². The lowest BCUT2D eigenvalue weighted by Gasteiger charge is -2.33. The Morgan fingerprint density at radius 1 is 1.17 bits per heavy atom. The van der Waals surface area contributed by atoms with Crippen LogP contribution < -0.4 is 15.0 Å². The number of carbonyl (C=O) groups excluding carboxylic acids is 1. The molecular weight excluding hydrogens is 396 g/mol. The minimum Gasteiger partial charge on any atom is -0.481 e. The summed E-state index contributed by atoms with van der Waals surface area (Å²) >= 11 is 6.22. The van der Waals surface area contributed by atoms with Gasteiger partial charge in [-0.1, -0.05) is 30.7 Å². The molecule has 1 N–H and O–H groups in total. The zero-order valence-electron chi connectivity index (χ0n) is 18.7. The number of carbonyl (C=O) groups is 1. The van der Waals surface area contributed by atoms with Gasteiger partial charge in [0.25, 0.3) is 5.91 Å². The van der Waals surface area contributed by atoms with Gasteiger partial charge in [-0.2, -0.15) is 0 Å². The number of benzene rings is 2. The summed E-state index contributed by atoms with van der Waals surface area (Å²) in [4.78, 5) is 15.1. The third-order valence-corrected chi connectivity index (χ3v) is 6.46. The van der Waals surface area contributed by atoms with Crippen LogP contribution in [0.2, 0.25) is 5.02 Å². The van der Waals surface area contributed by atoms with Gasteiger partial charge in [-0.05, 0) is 87.4 Å². The number of nitrogens with one attached hydrogen (secondary N) is 1. The van der Waals surface area contributed by atoms with Crippen LogP contribution in [0, 0.1) is 19.8 Å². The van der Waals surface area contributed by atoms with Crippen molar-refractivity contribution in [3.8, 4) is 5.75 Å². The standard InChI is InChI=1S/C25H33ClN2O2/c1-16-7-6-12-28(15-16)22-10-8-21(9-11-22)19(4)27-25(29)20(5)30-23-13-17(2)24(26)18(3)14-23/h8-11,13-14,16,19-20H,6-7,12,15H2,1-5H3,(H,27,29)/t16-,19+,20+/m1/s1. The Hall–Kier alpha value is -2.20. The third kappa shape index (κ3) is 5.48. The number of halogens is 1. The van der Waals surface area contributed by atoms with Crippen LogP contribution in [0.5, 0.6) is 5.75 Å². The molecule has 0 spiro atoms. The van der Waals surface area contributed by atoms with E-state index in [1.54, 1.807) is 6.92 Å². The zero-order valence-corrected chi connectivity index (χ0v) is 19.4. The van der Waals surface area contributed by atoms with Crippen LogP contribution in [0.1, 0.15) is 56.3 Å². The second kappa shape index (κ2) is 9.74. The summed E-state index contributed by atoms with van der Waals surface area (Å²) in [5, 5.41) is 3.79. The van der Waals surface area contributed by atoms with Crippen molar-refractivity contribution in [3.63, 3.8) is 0 Å². The van der Waals surface area contributed by atoms with Gasteiger partial charge in [-0.3, -0.25) is 4.79 Å². The largest absolute Gasteiger partial charge is 0.481 e. The van der Waals surface area contributed by atoms with Crippen molar-refractivity contribution >= 4 is 23.2 Å². The number of piperidine rings is 1. The lowest BCUT2D eigenvalue weighted by molar-refractivity contribution is -0.127. The Bertz CT molecular complexity index is 858. The lowest BCUT2D eigenvalue weighted by atomic mass is 9.99. The number of hydrogen-bond acceptors (Lipinski definition) is 3. The number of ether oxygens (including phenoxy) is 1. The number of anilines is 1. The molecule has 162 valence electrons. The van der Waals surface area contributed by atoms with Gasteiger partial charge in [0, 0.05) is 23.8 Å². The summed E-state index contributed by atoms with van der Waals surface area (Å²) in [6.07, 6.45) is 1.97. The van der Waals surface area contributed by atoms with E-state index < -0.39 is 6.10 Å². The van der Waals surface area contributed by atoms with Gasteiger partial charge in [0.2, 0.25) is 0 Å². The highest BCUT2D eigenvalue weighted by atomic mass is 35.5. The highest BCUT2D eigenvalue weighted by Gasteiger charge is 2.20. The monoisotopic (exact) mass is 428 g/mol. The number of rotatable bonds is 6. The molecule has 0 saturated carbocycles. The predicted molar refractivity (Wildman–Crippen MR) is 125 cm³/mol. The molecule has 3 atom stereocenters. The topological polar surface area (TPSA) is 41.6 Å². The molecule has 1 amide bonds. The maximum absolute atomic E-state index is 12.6. The van der Waals surface area contributed by atoms with Gasteiger partial charge in [-0.15, -0.1) is 0 Å². The zero-order chi connectivity index (χ0) is 21.8. The first-order valence-electron chi connectivity index (χ1n) is 10.8. The van der Waals surface area contributed by atoms with Crippen molar-refractivity contribution in [1.29, 1.82) is 0 Å². The molecule has 0 aromatic heterocycles. The summed E-state index contributed by atoms with van der Waals surface area (Å²) < 4.78 is 5.86. The van der Waals surface area contributed by atoms with E-state index >= 15 is 0 Å². The first-order chi connectivity index (χ1) is 14.2. The highest BCUT2D eigenvalue weighted by molar-refractivity contribution is 6.32. The SMILES string of the molecule is Cc1cc(O[C@@H](C)C(=O)N[C@@H](C)c2ccc(N3CCC[C@@H](C)C3)cc2)cc(C)c1Cl. The smallest absolute Gasteiger partial charge is 0.261 e. The Morgan fingerprint density at radius 2 is 1.80 bits per heavy atom. The van der Waals surface area contributed by atoms with E-state index in [1.807, 2.05) is 32.9 Å². The summed E-state index contributed by atoms with van der Waals surface area (Å²) in [7, 11) is 0. The van der Waals surface area contributed by atoms with Gasteiger partial charge >= 0.3 is 0 Å². The minimum absolute atomic E-state index is 0.0911. The molecule has 4 nitrogen and oxygen atoms in total. The van der Waals surface area contributed by atoms with Crippen molar-refractivity contribution in [2.45, 2.75) is 59.6 Å². The van der Waals surface area contributed by atoms with Gasteiger partial charge in [0.1, 0.15) is 5.75 Å². The van der Waals surface area contributed by atoms with E-state index in [0.717, 1.165) is 40.7 Å². The van der Waals surface area contributed by atoms with Crippen LogP contribution in [0.3, 0.4) is 0 Å². The Balaban J connectivity index is 1.58. The molecule has 3 rings (SSSR count). The molecule has 2 aromatic carbocycles. The second-order valence-electron chi connectivity index (χ2n) is 8.65. The van der Waals surface area contributed by atoms with E-state index in [1.165, 1.54) is 18.5 Å². The number of amides is 1. The quantitative estimate of drug-likeness (QED) is 0.628. The second-order valence-corrected chi connectivity index (χ2v) is 9.02.